The molecule has 0 spiro atoms. The van der Waals surface area contributed by atoms with Crippen LogP contribution in [0.4, 0.5) is 5.69 Å². The normalized spacial score (nSPS) is 16.8. The van der Waals surface area contributed by atoms with E-state index in [0.717, 1.165) is 57.5 Å². The lowest BCUT2D eigenvalue weighted by Gasteiger charge is -2.33. The van der Waals surface area contributed by atoms with Gasteiger partial charge in [0.1, 0.15) is 5.65 Å². The molecular weight excluding hydrogens is 514 g/mol. The number of pyridine rings is 1. The number of anilines is 1. The van der Waals surface area contributed by atoms with Crippen LogP contribution in [0.5, 0.6) is 0 Å². The van der Waals surface area contributed by atoms with Gasteiger partial charge in [-0.25, -0.2) is 4.98 Å². The van der Waals surface area contributed by atoms with Gasteiger partial charge in [0.05, 0.1) is 16.9 Å². The molecule has 0 unspecified atom stereocenters. The van der Waals surface area contributed by atoms with Gasteiger partial charge in [0, 0.05) is 63.3 Å². The van der Waals surface area contributed by atoms with Crippen LogP contribution in [-0.2, 0) is 10.2 Å². The first-order valence-corrected chi connectivity index (χ1v) is 15.5. The van der Waals surface area contributed by atoms with Crippen LogP contribution in [0.25, 0.3) is 16.9 Å². The molecule has 11 heteroatoms. The predicted molar refractivity (Wildman–Crippen MR) is 156 cm³/mol. The summed E-state index contributed by atoms with van der Waals surface area (Å²) < 4.78 is 32.3. The minimum absolute atomic E-state index is 0.0750. The minimum atomic E-state index is -3.70. The van der Waals surface area contributed by atoms with Crippen LogP contribution >= 0.6 is 0 Å². The van der Waals surface area contributed by atoms with Crippen molar-refractivity contribution in [3.8, 4) is 11.3 Å². The number of hydrogen-bond acceptors (Lipinski definition) is 6. The fourth-order valence-electron chi connectivity index (χ4n) is 4.69. The lowest BCUT2D eigenvalue weighted by molar-refractivity contribution is 0.0916. The largest absolute Gasteiger partial charge is 0.349 e. The fourth-order valence-corrected chi connectivity index (χ4v) is 5.56. The Morgan fingerprint density at radius 1 is 1.03 bits per heavy atom. The van der Waals surface area contributed by atoms with Crippen molar-refractivity contribution in [3.63, 3.8) is 0 Å². The summed E-state index contributed by atoms with van der Waals surface area (Å²) in [5.74, 6) is -0.0750. The summed E-state index contributed by atoms with van der Waals surface area (Å²) in [5.41, 5.74) is 3.22. The molecule has 0 radical (unpaired) electrons. The van der Waals surface area contributed by atoms with Gasteiger partial charge in [0.2, 0.25) is 0 Å². The van der Waals surface area contributed by atoms with Crippen molar-refractivity contribution < 1.29 is 13.2 Å². The second kappa shape index (κ2) is 13.4. The topological polar surface area (TPSA) is 111 Å². The number of rotatable bonds is 10. The van der Waals surface area contributed by atoms with Gasteiger partial charge in [0.25, 0.3) is 16.1 Å². The average Bonchev–Trinajstić information content (AvgIpc) is 3.36. The molecule has 3 heterocycles. The molecule has 1 saturated carbocycles. The third-order valence-corrected chi connectivity index (χ3v) is 8.29. The van der Waals surface area contributed by atoms with Gasteiger partial charge in [-0.05, 0) is 50.1 Å². The zero-order chi connectivity index (χ0) is 27.8. The Kier molecular flexibility index (Phi) is 9.95. The number of amides is 1. The summed E-state index contributed by atoms with van der Waals surface area (Å²) >= 11 is 0. The number of carbonyl (C=O) groups excluding carboxylic acids is 1. The molecule has 0 bridgehead atoms. The molecule has 1 aliphatic carbocycles. The summed E-state index contributed by atoms with van der Waals surface area (Å²) in [6, 6.07) is 11.0. The van der Waals surface area contributed by atoms with Gasteiger partial charge in [-0.3, -0.25) is 14.4 Å². The van der Waals surface area contributed by atoms with Gasteiger partial charge < -0.3 is 14.6 Å². The Balaban J connectivity index is 0.00000172. The van der Waals surface area contributed by atoms with E-state index in [4.69, 9.17) is 0 Å². The van der Waals surface area contributed by atoms with Crippen LogP contribution in [0.2, 0.25) is 0 Å². The number of imidazole rings is 1. The van der Waals surface area contributed by atoms with Crippen molar-refractivity contribution in [2.45, 2.75) is 46.1 Å². The molecular formula is C28H41N7O3S. The third kappa shape index (κ3) is 7.78. The van der Waals surface area contributed by atoms with Crippen molar-refractivity contribution in [2.75, 3.05) is 50.5 Å². The molecule has 1 aliphatic heterocycles. The Morgan fingerprint density at radius 2 is 1.77 bits per heavy atom. The molecule has 1 amide bonds. The van der Waals surface area contributed by atoms with E-state index in [2.05, 4.69) is 36.5 Å². The molecule has 1 saturated heterocycles. The van der Waals surface area contributed by atoms with Gasteiger partial charge in [-0.15, -0.1) is 0 Å². The Labute approximate surface area is 232 Å². The van der Waals surface area contributed by atoms with E-state index in [1.165, 1.54) is 0 Å². The lowest BCUT2D eigenvalue weighted by atomic mass is 9.93. The number of fused-ring (bicyclic) bond motifs is 1. The number of hydrogen-bond donors (Lipinski definition) is 3. The number of likely N-dealkylation sites (N-methyl/N-ethyl adjacent to an activating group) is 1. The van der Waals surface area contributed by atoms with Gasteiger partial charge >= 0.3 is 0 Å². The predicted octanol–water partition coefficient (Wildman–Crippen LogP) is 3.19. The van der Waals surface area contributed by atoms with E-state index in [-0.39, 0.29) is 11.9 Å². The van der Waals surface area contributed by atoms with Gasteiger partial charge in [0.15, 0.2) is 0 Å². The molecule has 39 heavy (non-hydrogen) atoms. The maximum absolute atomic E-state index is 12.6. The summed E-state index contributed by atoms with van der Waals surface area (Å²) in [4.78, 5) is 21.8. The van der Waals surface area contributed by atoms with E-state index < -0.39 is 10.2 Å². The highest BCUT2D eigenvalue weighted by molar-refractivity contribution is 7.90. The number of nitrogens with zero attached hydrogens (tertiary/aromatic N) is 4. The van der Waals surface area contributed by atoms with Crippen LogP contribution in [0.15, 0.2) is 48.8 Å². The minimum Gasteiger partial charge on any atom is -0.349 e. The number of carbonyl (C=O) groups is 1. The lowest BCUT2D eigenvalue weighted by Crippen LogP contribution is -2.48. The van der Waals surface area contributed by atoms with E-state index in [0.29, 0.717) is 35.7 Å². The maximum Gasteiger partial charge on any atom is 0.299 e. The van der Waals surface area contributed by atoms with Crippen LogP contribution < -0.4 is 14.8 Å². The Bertz CT molecular complexity index is 1350. The number of benzene rings is 1. The van der Waals surface area contributed by atoms with Gasteiger partial charge in [-0.2, -0.15) is 13.1 Å². The van der Waals surface area contributed by atoms with Crippen molar-refractivity contribution >= 4 is 27.5 Å². The number of nitrogens with one attached hydrogen (secondary N) is 3. The van der Waals surface area contributed by atoms with Crippen molar-refractivity contribution in [1.82, 2.24) is 29.2 Å². The molecule has 5 rings (SSSR count). The summed E-state index contributed by atoms with van der Waals surface area (Å²) in [6.45, 7) is 12.2. The van der Waals surface area contributed by atoms with Crippen LogP contribution in [0, 0.1) is 0 Å². The Hall–Kier alpha value is -2.99. The Morgan fingerprint density at radius 3 is 2.46 bits per heavy atom. The zero-order valence-corrected chi connectivity index (χ0v) is 24.0. The smallest absolute Gasteiger partial charge is 0.299 e. The molecule has 2 fully saturated rings. The molecule has 212 valence electrons. The number of aromatic nitrogens is 2. The summed E-state index contributed by atoms with van der Waals surface area (Å²) in [5, 5.41) is 3.05. The van der Waals surface area contributed by atoms with Crippen LogP contribution in [0.1, 0.15) is 50.4 Å². The maximum atomic E-state index is 12.6. The highest BCUT2D eigenvalue weighted by Crippen LogP contribution is 2.24. The van der Waals surface area contributed by atoms with Crippen molar-refractivity contribution in [1.29, 1.82) is 0 Å². The SMILES string of the molecule is CC.CCN1CCN(CCNS(=O)(=O)Nc2cccc(-c3cn4cc(C(=O)NC5CCC5)ccc4n3)c2)CC1. The quantitative estimate of drug-likeness (QED) is 0.354. The van der Waals surface area contributed by atoms with Gasteiger partial charge in [-0.1, -0.05) is 32.9 Å². The monoisotopic (exact) mass is 555 g/mol. The standard InChI is InChI=1S/C26H35N7O3S.C2H6/c1-2-31-13-15-32(16-14-31)12-11-27-37(35,36)30-23-8-3-5-20(17-23)24-19-33-18-21(9-10-25(33)29-24)26(34)28-22-6-4-7-22;1-2/h3,5,8-10,17-19,22,27,30H,2,4,6-7,11-16H2,1H3,(H,28,34);1-2H3. The zero-order valence-electron chi connectivity index (χ0n) is 23.2. The molecule has 3 N–H and O–H groups in total. The summed E-state index contributed by atoms with van der Waals surface area (Å²) in [7, 11) is -3.70. The van der Waals surface area contributed by atoms with E-state index >= 15 is 0 Å². The second-order valence-corrected chi connectivity index (χ2v) is 11.3. The highest BCUT2D eigenvalue weighted by atomic mass is 32.2. The van der Waals surface area contributed by atoms with E-state index in [1.807, 2.05) is 36.6 Å². The first-order chi connectivity index (χ1) is 18.9. The second-order valence-electron chi connectivity index (χ2n) is 9.77. The van der Waals surface area contributed by atoms with Crippen LogP contribution in [0.3, 0.4) is 0 Å². The van der Waals surface area contributed by atoms with Crippen molar-refractivity contribution in [3.05, 3.63) is 54.4 Å². The van der Waals surface area contributed by atoms with E-state index in [9.17, 15) is 13.2 Å². The van der Waals surface area contributed by atoms with Crippen molar-refractivity contribution in [2.24, 2.45) is 0 Å². The van der Waals surface area contributed by atoms with Crippen LogP contribution in [-0.4, -0.2) is 85.4 Å². The highest BCUT2D eigenvalue weighted by Gasteiger charge is 2.21. The van der Waals surface area contributed by atoms with E-state index in [1.54, 1.807) is 30.5 Å². The first kappa shape index (κ1) is 29.0. The molecule has 2 aromatic heterocycles. The fraction of sp³-hybridized carbons (Fsp3) is 0.500. The average molecular weight is 556 g/mol. The molecule has 1 aromatic carbocycles. The number of piperazine rings is 1. The molecule has 3 aromatic rings. The molecule has 2 aliphatic rings. The molecule has 10 nitrogen and oxygen atoms in total. The third-order valence-electron chi connectivity index (χ3n) is 7.20. The summed E-state index contributed by atoms with van der Waals surface area (Å²) in [6.07, 6.45) is 6.86. The molecule has 0 atom stereocenters. The first-order valence-electron chi connectivity index (χ1n) is 14.0.